The van der Waals surface area contributed by atoms with Gasteiger partial charge in [0.05, 0.1) is 6.04 Å². The Balaban J connectivity index is 2.00. The first-order valence-corrected chi connectivity index (χ1v) is 3.44. The van der Waals surface area contributed by atoms with E-state index < -0.39 is 0 Å². The van der Waals surface area contributed by atoms with Crippen molar-refractivity contribution in [2.24, 2.45) is 0 Å². The second kappa shape index (κ2) is 2.02. The highest BCUT2D eigenvalue weighted by Gasteiger charge is 2.46. The van der Waals surface area contributed by atoms with Crippen molar-refractivity contribution in [1.82, 2.24) is 10.6 Å². The quantitative estimate of drug-likeness (QED) is 0.357. The Bertz CT molecular complexity index is 162. The van der Waals surface area contributed by atoms with Crippen molar-refractivity contribution in [3.05, 3.63) is 0 Å². The van der Waals surface area contributed by atoms with Crippen LogP contribution in [0.4, 0.5) is 0 Å². The monoisotopic (exact) mass is 142 g/mol. The molecule has 0 aromatic rings. The minimum Gasteiger partial charge on any atom is -0.337 e. The van der Waals surface area contributed by atoms with E-state index in [0.29, 0.717) is 0 Å². The summed E-state index contributed by atoms with van der Waals surface area (Å²) in [6.45, 7) is 1.96. The topological polar surface area (TPSA) is 53.7 Å². The molecule has 56 valence electrons. The van der Waals surface area contributed by atoms with Crippen LogP contribution >= 0.6 is 0 Å². The maximum absolute atomic E-state index is 10.4. The van der Waals surface area contributed by atoms with Crippen LogP contribution in [-0.2, 0) is 9.53 Å². The first-order valence-electron chi connectivity index (χ1n) is 3.44. The van der Waals surface area contributed by atoms with Crippen LogP contribution in [0.5, 0.6) is 0 Å². The van der Waals surface area contributed by atoms with Gasteiger partial charge >= 0.3 is 0 Å². The largest absolute Gasteiger partial charge is 0.337 e. The smallest absolute Gasteiger partial charge is 0.151 e. The molecule has 2 aliphatic heterocycles. The van der Waals surface area contributed by atoms with Crippen molar-refractivity contribution in [2.45, 2.75) is 31.5 Å². The van der Waals surface area contributed by atoms with Crippen LogP contribution in [0.2, 0.25) is 0 Å². The number of carbonyl (C=O) groups is 1. The summed E-state index contributed by atoms with van der Waals surface area (Å²) in [5.41, 5.74) is 0. The van der Waals surface area contributed by atoms with E-state index >= 15 is 0 Å². The lowest BCUT2D eigenvalue weighted by atomic mass is 10.1. The molecule has 2 heterocycles. The molecule has 2 saturated heterocycles. The molecule has 4 heteroatoms. The van der Waals surface area contributed by atoms with Gasteiger partial charge in [-0.15, -0.1) is 0 Å². The standard InChI is InChI=1S/C6H10N2O2/c1-3-4(2-9)8-6-5(7-3)10-6/h2-8H,1H3/t3-,4+,5?,6?/m1/s1. The van der Waals surface area contributed by atoms with E-state index in [1.807, 2.05) is 6.92 Å². The highest BCUT2D eigenvalue weighted by atomic mass is 16.6. The van der Waals surface area contributed by atoms with Gasteiger partial charge in [0.2, 0.25) is 0 Å². The zero-order valence-electron chi connectivity index (χ0n) is 5.70. The summed E-state index contributed by atoms with van der Waals surface area (Å²) in [7, 11) is 0. The maximum Gasteiger partial charge on any atom is 0.151 e. The highest BCUT2D eigenvalue weighted by Crippen LogP contribution is 2.21. The third-order valence-corrected chi connectivity index (χ3v) is 1.96. The minimum absolute atomic E-state index is 0.0754. The average Bonchev–Trinajstić information content (AvgIpc) is 2.64. The van der Waals surface area contributed by atoms with Gasteiger partial charge in [-0.25, -0.2) is 0 Å². The maximum atomic E-state index is 10.4. The van der Waals surface area contributed by atoms with Crippen LogP contribution in [0.1, 0.15) is 6.92 Å². The second-order valence-electron chi connectivity index (χ2n) is 2.76. The summed E-state index contributed by atoms with van der Waals surface area (Å²) >= 11 is 0. The van der Waals surface area contributed by atoms with Crippen LogP contribution in [0, 0.1) is 0 Å². The Morgan fingerprint density at radius 1 is 1.40 bits per heavy atom. The first-order chi connectivity index (χ1) is 4.81. The summed E-state index contributed by atoms with van der Waals surface area (Å²) in [5.74, 6) is 0. The fourth-order valence-electron chi connectivity index (χ4n) is 1.22. The van der Waals surface area contributed by atoms with Crippen LogP contribution in [0.25, 0.3) is 0 Å². The molecule has 0 bridgehead atoms. The van der Waals surface area contributed by atoms with Crippen LogP contribution in [0.15, 0.2) is 0 Å². The van der Waals surface area contributed by atoms with Crippen LogP contribution in [0.3, 0.4) is 0 Å². The Morgan fingerprint density at radius 3 is 2.80 bits per heavy atom. The highest BCUT2D eigenvalue weighted by molar-refractivity contribution is 5.59. The fraction of sp³-hybridized carbons (Fsp3) is 0.833. The van der Waals surface area contributed by atoms with Gasteiger partial charge in [-0.3, -0.25) is 10.6 Å². The molecule has 2 unspecified atom stereocenters. The molecule has 0 radical (unpaired) electrons. The van der Waals surface area contributed by atoms with Crippen LogP contribution in [-0.4, -0.2) is 30.8 Å². The zero-order valence-corrected chi connectivity index (χ0v) is 5.70. The molecule has 10 heavy (non-hydrogen) atoms. The van der Waals surface area contributed by atoms with E-state index in [1.165, 1.54) is 0 Å². The second-order valence-corrected chi connectivity index (χ2v) is 2.76. The molecule has 2 N–H and O–H groups in total. The van der Waals surface area contributed by atoms with Crippen molar-refractivity contribution in [3.63, 3.8) is 0 Å². The Labute approximate surface area is 58.9 Å². The number of fused-ring (bicyclic) bond motifs is 1. The summed E-state index contributed by atoms with van der Waals surface area (Å²) in [6.07, 6.45) is 1.13. The lowest BCUT2D eigenvalue weighted by Crippen LogP contribution is -2.55. The molecule has 4 nitrogen and oxygen atoms in total. The minimum atomic E-state index is -0.0938. The normalized spacial score (nSPS) is 51.7. The summed E-state index contributed by atoms with van der Waals surface area (Å²) in [5, 5.41) is 6.18. The van der Waals surface area contributed by atoms with Gasteiger partial charge in [-0.2, -0.15) is 0 Å². The zero-order chi connectivity index (χ0) is 7.14. The van der Waals surface area contributed by atoms with Gasteiger partial charge in [-0.05, 0) is 6.92 Å². The number of epoxide rings is 1. The number of rotatable bonds is 1. The number of carbonyl (C=O) groups excluding carboxylic acids is 1. The van der Waals surface area contributed by atoms with Crippen LogP contribution < -0.4 is 10.6 Å². The molecular weight excluding hydrogens is 132 g/mol. The predicted octanol–water partition coefficient (Wildman–Crippen LogP) is -1.18. The van der Waals surface area contributed by atoms with Gasteiger partial charge in [0.1, 0.15) is 6.29 Å². The third kappa shape index (κ3) is 0.847. The van der Waals surface area contributed by atoms with Crippen molar-refractivity contribution >= 4 is 6.29 Å². The number of piperazine rings is 1. The molecule has 2 aliphatic rings. The lowest BCUT2D eigenvalue weighted by molar-refractivity contribution is -0.110. The van der Waals surface area contributed by atoms with Gasteiger partial charge in [0, 0.05) is 6.04 Å². The van der Waals surface area contributed by atoms with Gasteiger partial charge in [0.25, 0.3) is 0 Å². The predicted molar refractivity (Wildman–Crippen MR) is 34.2 cm³/mol. The van der Waals surface area contributed by atoms with E-state index in [2.05, 4.69) is 10.6 Å². The lowest BCUT2D eigenvalue weighted by Gasteiger charge is -2.23. The molecule has 0 spiro atoms. The number of hydrogen-bond acceptors (Lipinski definition) is 4. The number of hydrogen-bond donors (Lipinski definition) is 2. The van der Waals surface area contributed by atoms with Gasteiger partial charge in [-0.1, -0.05) is 0 Å². The molecule has 4 atom stereocenters. The van der Waals surface area contributed by atoms with E-state index in [0.717, 1.165) is 6.29 Å². The molecular formula is C6H10N2O2. The molecule has 0 saturated carbocycles. The molecule has 0 aromatic heterocycles. The summed E-state index contributed by atoms with van der Waals surface area (Å²) < 4.78 is 5.10. The average molecular weight is 142 g/mol. The van der Waals surface area contributed by atoms with Gasteiger partial charge in [0.15, 0.2) is 12.5 Å². The third-order valence-electron chi connectivity index (χ3n) is 1.96. The number of aldehydes is 1. The van der Waals surface area contributed by atoms with Crippen molar-refractivity contribution in [2.75, 3.05) is 0 Å². The van der Waals surface area contributed by atoms with Crippen molar-refractivity contribution in [1.29, 1.82) is 0 Å². The number of nitrogens with one attached hydrogen (secondary N) is 2. The van der Waals surface area contributed by atoms with E-state index in [9.17, 15) is 4.79 Å². The first kappa shape index (κ1) is 6.27. The Hall–Kier alpha value is -0.450. The van der Waals surface area contributed by atoms with Crippen molar-refractivity contribution in [3.8, 4) is 0 Å². The SMILES string of the molecule is C[C@H]1NC2OC2N[C@H]1C=O. The molecule has 2 fully saturated rings. The summed E-state index contributed by atoms with van der Waals surface area (Å²) in [4.78, 5) is 10.4. The Kier molecular flexibility index (Phi) is 1.26. The Morgan fingerprint density at radius 2 is 2.10 bits per heavy atom. The van der Waals surface area contributed by atoms with Crippen molar-refractivity contribution < 1.29 is 9.53 Å². The molecule has 2 rings (SSSR count). The van der Waals surface area contributed by atoms with E-state index in [4.69, 9.17) is 4.74 Å². The van der Waals surface area contributed by atoms with Gasteiger partial charge < -0.3 is 9.53 Å². The summed E-state index contributed by atoms with van der Waals surface area (Å²) in [6, 6.07) is 0.0880. The van der Waals surface area contributed by atoms with E-state index in [-0.39, 0.29) is 24.5 Å². The molecule has 0 aromatic carbocycles. The fourth-order valence-corrected chi connectivity index (χ4v) is 1.22. The molecule has 0 aliphatic carbocycles. The molecule has 0 amide bonds. The van der Waals surface area contributed by atoms with E-state index in [1.54, 1.807) is 0 Å². The number of ether oxygens (including phenoxy) is 1.